The molecule has 0 radical (unpaired) electrons. The SMILES string of the molecule is CON(C)C(=O)c1cc(-c2ccc3ccccc3n2)ccc1F. The average molecular weight is 310 g/mol. The van der Waals surface area contributed by atoms with Crippen LogP contribution < -0.4 is 0 Å². The lowest BCUT2D eigenvalue weighted by atomic mass is 10.1. The molecule has 3 aromatic rings. The molecule has 0 saturated heterocycles. The van der Waals surface area contributed by atoms with Crippen LogP contribution in [0.15, 0.2) is 54.6 Å². The lowest BCUT2D eigenvalue weighted by Gasteiger charge is -2.14. The predicted molar refractivity (Wildman–Crippen MR) is 86.2 cm³/mol. The van der Waals surface area contributed by atoms with Gasteiger partial charge in [-0.2, -0.15) is 0 Å². The summed E-state index contributed by atoms with van der Waals surface area (Å²) in [4.78, 5) is 21.5. The summed E-state index contributed by atoms with van der Waals surface area (Å²) in [5.74, 6) is -1.14. The van der Waals surface area contributed by atoms with Gasteiger partial charge < -0.3 is 0 Å². The molecule has 0 saturated carbocycles. The summed E-state index contributed by atoms with van der Waals surface area (Å²) in [7, 11) is 2.78. The third-order valence-corrected chi connectivity index (χ3v) is 3.65. The summed E-state index contributed by atoms with van der Waals surface area (Å²) in [5, 5.41) is 2.00. The summed E-state index contributed by atoms with van der Waals surface area (Å²) in [5.41, 5.74) is 2.14. The van der Waals surface area contributed by atoms with Crippen LogP contribution in [0.2, 0.25) is 0 Å². The minimum Gasteiger partial charge on any atom is -0.274 e. The van der Waals surface area contributed by atoms with Crippen molar-refractivity contribution in [1.82, 2.24) is 10.0 Å². The van der Waals surface area contributed by atoms with Gasteiger partial charge in [0.1, 0.15) is 5.82 Å². The zero-order valence-electron chi connectivity index (χ0n) is 12.8. The lowest BCUT2D eigenvalue weighted by Crippen LogP contribution is -2.26. The Morgan fingerprint density at radius 3 is 2.70 bits per heavy atom. The maximum Gasteiger partial charge on any atom is 0.280 e. The van der Waals surface area contributed by atoms with Gasteiger partial charge in [0.05, 0.1) is 23.9 Å². The fourth-order valence-electron chi connectivity index (χ4n) is 2.33. The van der Waals surface area contributed by atoms with E-state index in [0.717, 1.165) is 16.0 Å². The molecule has 0 unspecified atom stereocenters. The van der Waals surface area contributed by atoms with E-state index >= 15 is 0 Å². The zero-order valence-corrected chi connectivity index (χ0v) is 12.8. The van der Waals surface area contributed by atoms with Crippen molar-refractivity contribution in [2.45, 2.75) is 0 Å². The highest BCUT2D eigenvalue weighted by atomic mass is 19.1. The highest BCUT2D eigenvalue weighted by molar-refractivity contribution is 5.95. The van der Waals surface area contributed by atoms with Crippen molar-refractivity contribution in [2.75, 3.05) is 14.2 Å². The first-order valence-electron chi connectivity index (χ1n) is 7.08. The quantitative estimate of drug-likeness (QED) is 0.693. The fourth-order valence-corrected chi connectivity index (χ4v) is 2.33. The standard InChI is InChI=1S/C18H15FN2O2/c1-21(23-2)18(22)14-11-13(7-9-15(14)19)17-10-8-12-5-3-4-6-16(12)20-17/h3-11H,1-2H3. The van der Waals surface area contributed by atoms with E-state index < -0.39 is 11.7 Å². The number of hydroxylamine groups is 2. The third-order valence-electron chi connectivity index (χ3n) is 3.65. The maximum atomic E-state index is 14.0. The molecule has 4 nitrogen and oxygen atoms in total. The molecule has 0 fully saturated rings. The van der Waals surface area contributed by atoms with Gasteiger partial charge in [-0.05, 0) is 30.3 Å². The minimum absolute atomic E-state index is 0.0539. The molecule has 0 spiro atoms. The van der Waals surface area contributed by atoms with E-state index in [2.05, 4.69) is 4.98 Å². The average Bonchev–Trinajstić information content (AvgIpc) is 2.60. The maximum absolute atomic E-state index is 14.0. The first-order valence-corrected chi connectivity index (χ1v) is 7.08. The van der Waals surface area contributed by atoms with Crippen LogP contribution in [-0.4, -0.2) is 30.1 Å². The van der Waals surface area contributed by atoms with Crippen molar-refractivity contribution in [2.24, 2.45) is 0 Å². The van der Waals surface area contributed by atoms with E-state index in [0.29, 0.717) is 11.3 Å². The van der Waals surface area contributed by atoms with Gasteiger partial charge in [0.15, 0.2) is 0 Å². The van der Waals surface area contributed by atoms with Crippen LogP contribution in [-0.2, 0) is 4.84 Å². The van der Waals surface area contributed by atoms with Crippen LogP contribution in [0, 0.1) is 5.82 Å². The molecule has 5 heteroatoms. The van der Waals surface area contributed by atoms with E-state index in [-0.39, 0.29) is 5.56 Å². The second-order valence-corrected chi connectivity index (χ2v) is 5.07. The number of halogens is 1. The zero-order chi connectivity index (χ0) is 16.4. The van der Waals surface area contributed by atoms with Gasteiger partial charge in [-0.15, -0.1) is 0 Å². The smallest absolute Gasteiger partial charge is 0.274 e. The Morgan fingerprint density at radius 1 is 1.13 bits per heavy atom. The fraction of sp³-hybridized carbons (Fsp3) is 0.111. The van der Waals surface area contributed by atoms with Gasteiger partial charge in [-0.25, -0.2) is 14.4 Å². The summed E-state index contributed by atoms with van der Waals surface area (Å²) < 4.78 is 14.0. The number of para-hydroxylation sites is 1. The number of fused-ring (bicyclic) bond motifs is 1. The van der Waals surface area contributed by atoms with Gasteiger partial charge >= 0.3 is 0 Å². The molecule has 116 valence electrons. The molecule has 0 bridgehead atoms. The Hall–Kier alpha value is -2.79. The van der Waals surface area contributed by atoms with Crippen LogP contribution in [0.5, 0.6) is 0 Å². The number of hydrogen-bond donors (Lipinski definition) is 0. The van der Waals surface area contributed by atoms with Crippen LogP contribution in [0.4, 0.5) is 4.39 Å². The highest BCUT2D eigenvalue weighted by Gasteiger charge is 2.17. The Labute approximate surface area is 133 Å². The number of benzene rings is 2. The summed E-state index contributed by atoms with van der Waals surface area (Å²) in [6.07, 6.45) is 0. The number of pyridine rings is 1. The normalized spacial score (nSPS) is 10.7. The lowest BCUT2D eigenvalue weighted by molar-refractivity contribution is -0.0759. The van der Waals surface area contributed by atoms with Crippen LogP contribution >= 0.6 is 0 Å². The number of rotatable bonds is 3. The van der Waals surface area contributed by atoms with Crippen molar-refractivity contribution in [3.63, 3.8) is 0 Å². The molecule has 0 aliphatic heterocycles. The van der Waals surface area contributed by atoms with Crippen LogP contribution in [0.1, 0.15) is 10.4 Å². The van der Waals surface area contributed by atoms with Gasteiger partial charge in [0.2, 0.25) is 0 Å². The molecule has 0 aliphatic rings. The molecular weight excluding hydrogens is 295 g/mol. The highest BCUT2D eigenvalue weighted by Crippen LogP contribution is 2.23. The van der Waals surface area contributed by atoms with Gasteiger partial charge in [-0.3, -0.25) is 9.63 Å². The summed E-state index contributed by atoms with van der Waals surface area (Å²) >= 11 is 0. The second kappa shape index (κ2) is 6.14. The number of aromatic nitrogens is 1. The summed E-state index contributed by atoms with van der Waals surface area (Å²) in [6.45, 7) is 0. The van der Waals surface area contributed by atoms with Gasteiger partial charge in [0.25, 0.3) is 5.91 Å². The largest absolute Gasteiger partial charge is 0.280 e. The number of carbonyl (C=O) groups excluding carboxylic acids is 1. The Morgan fingerprint density at radius 2 is 1.91 bits per heavy atom. The Kier molecular flexibility index (Phi) is 4.04. The number of nitrogens with zero attached hydrogens (tertiary/aromatic N) is 2. The molecule has 23 heavy (non-hydrogen) atoms. The molecule has 0 aliphatic carbocycles. The molecule has 2 aromatic carbocycles. The second-order valence-electron chi connectivity index (χ2n) is 5.07. The van der Waals surface area contributed by atoms with Gasteiger partial charge in [0, 0.05) is 18.0 Å². The minimum atomic E-state index is -0.594. The molecular formula is C18H15FN2O2. The van der Waals surface area contributed by atoms with E-state index in [4.69, 9.17) is 4.84 Å². The topological polar surface area (TPSA) is 42.4 Å². The number of carbonyl (C=O) groups is 1. The van der Waals surface area contributed by atoms with E-state index in [1.807, 2.05) is 36.4 Å². The monoisotopic (exact) mass is 310 g/mol. The van der Waals surface area contributed by atoms with E-state index in [9.17, 15) is 9.18 Å². The number of hydrogen-bond acceptors (Lipinski definition) is 3. The van der Waals surface area contributed by atoms with Gasteiger partial charge in [-0.1, -0.05) is 24.3 Å². The first-order chi connectivity index (χ1) is 11.1. The van der Waals surface area contributed by atoms with Crippen molar-refractivity contribution < 1.29 is 14.0 Å². The molecule has 1 heterocycles. The molecule has 3 rings (SSSR count). The first kappa shape index (κ1) is 15.1. The molecule has 1 amide bonds. The van der Waals surface area contributed by atoms with Crippen molar-refractivity contribution in [3.8, 4) is 11.3 Å². The van der Waals surface area contributed by atoms with E-state index in [1.54, 1.807) is 6.07 Å². The van der Waals surface area contributed by atoms with Crippen molar-refractivity contribution in [3.05, 3.63) is 66.0 Å². The van der Waals surface area contributed by atoms with Crippen molar-refractivity contribution in [1.29, 1.82) is 0 Å². The molecule has 1 aromatic heterocycles. The molecule has 0 atom stereocenters. The van der Waals surface area contributed by atoms with Crippen LogP contribution in [0.25, 0.3) is 22.2 Å². The molecule has 0 N–H and O–H groups in total. The van der Waals surface area contributed by atoms with Crippen molar-refractivity contribution >= 4 is 16.8 Å². The number of amides is 1. The Balaban J connectivity index is 2.07. The third kappa shape index (κ3) is 2.91. The summed E-state index contributed by atoms with van der Waals surface area (Å²) in [6, 6.07) is 15.9. The predicted octanol–water partition coefficient (Wildman–Crippen LogP) is 3.67. The van der Waals surface area contributed by atoms with E-state index in [1.165, 1.54) is 26.3 Å². The Bertz CT molecular complexity index is 880. The van der Waals surface area contributed by atoms with Crippen LogP contribution in [0.3, 0.4) is 0 Å².